The number of nitrogens with zero attached hydrogens (tertiary/aromatic N) is 3. The van der Waals surface area contributed by atoms with Gasteiger partial charge in [-0.15, -0.1) is 10.2 Å². The fourth-order valence-corrected chi connectivity index (χ4v) is 6.67. The topological polar surface area (TPSA) is 120 Å². The predicted octanol–water partition coefficient (Wildman–Crippen LogP) is 6.53. The first-order valence-electron chi connectivity index (χ1n) is 13.3. The van der Waals surface area contributed by atoms with Gasteiger partial charge in [0.05, 0.1) is 39.6 Å². The lowest BCUT2D eigenvalue weighted by Crippen LogP contribution is -2.29. The Morgan fingerprint density at radius 2 is 1.64 bits per heavy atom. The monoisotopic (exact) mass is 653 g/mol. The molecular weight excluding hydrogens is 626 g/mol. The van der Waals surface area contributed by atoms with Gasteiger partial charge in [-0.05, 0) is 66.6 Å². The SMILES string of the molecule is CCOc1ccc(/C(O)=C2/C(=O)C(=O)N(c3nnc(SCc4ccc(Cl)cc4)s3)C2c2cc(OC)c(OC)c(OC)c2)cc1. The van der Waals surface area contributed by atoms with Gasteiger partial charge in [-0.3, -0.25) is 14.5 Å². The molecule has 1 atom stereocenters. The van der Waals surface area contributed by atoms with Crippen molar-refractivity contribution in [1.82, 2.24) is 10.2 Å². The molecule has 1 aliphatic heterocycles. The molecule has 10 nitrogen and oxygen atoms in total. The maximum absolute atomic E-state index is 13.7. The summed E-state index contributed by atoms with van der Waals surface area (Å²) in [7, 11) is 4.41. The van der Waals surface area contributed by atoms with E-state index in [4.69, 9.17) is 30.5 Å². The molecule has 1 unspecified atom stereocenters. The van der Waals surface area contributed by atoms with E-state index in [9.17, 15) is 14.7 Å². The van der Waals surface area contributed by atoms with E-state index in [0.717, 1.165) is 16.9 Å². The molecule has 4 aromatic rings. The molecule has 5 rings (SSSR count). The molecule has 2 heterocycles. The van der Waals surface area contributed by atoms with Crippen molar-refractivity contribution >= 4 is 57.3 Å². The molecule has 1 aliphatic rings. The second-order valence-electron chi connectivity index (χ2n) is 9.35. The minimum atomic E-state index is -1.09. The molecule has 1 N–H and O–H groups in total. The van der Waals surface area contributed by atoms with Gasteiger partial charge in [0.1, 0.15) is 11.5 Å². The Morgan fingerprint density at radius 3 is 2.23 bits per heavy atom. The summed E-state index contributed by atoms with van der Waals surface area (Å²) in [6.07, 6.45) is 0. The zero-order chi connectivity index (χ0) is 31.4. The van der Waals surface area contributed by atoms with E-state index in [-0.39, 0.29) is 16.5 Å². The molecular formula is C31H28ClN3O7S2. The molecule has 1 saturated heterocycles. The van der Waals surface area contributed by atoms with E-state index in [0.29, 0.717) is 55.8 Å². The lowest BCUT2D eigenvalue weighted by molar-refractivity contribution is -0.132. The second kappa shape index (κ2) is 13.6. The van der Waals surface area contributed by atoms with Gasteiger partial charge in [0.15, 0.2) is 15.8 Å². The molecule has 228 valence electrons. The molecule has 0 aliphatic carbocycles. The van der Waals surface area contributed by atoms with Gasteiger partial charge >= 0.3 is 5.91 Å². The summed E-state index contributed by atoms with van der Waals surface area (Å²) in [6, 6.07) is 16.2. The van der Waals surface area contributed by atoms with Gasteiger partial charge in [-0.1, -0.05) is 46.8 Å². The number of aromatic nitrogens is 2. The number of aliphatic hydroxyl groups is 1. The van der Waals surface area contributed by atoms with Crippen molar-refractivity contribution in [3.8, 4) is 23.0 Å². The highest BCUT2D eigenvalue weighted by Gasteiger charge is 2.49. The number of aliphatic hydroxyl groups excluding tert-OH is 1. The van der Waals surface area contributed by atoms with E-state index >= 15 is 0 Å². The number of rotatable bonds is 11. The number of carbonyl (C=O) groups excluding carboxylic acids is 2. The van der Waals surface area contributed by atoms with Crippen LogP contribution < -0.4 is 23.8 Å². The number of methoxy groups -OCH3 is 3. The Hall–Kier alpha value is -4.26. The number of amides is 1. The highest BCUT2D eigenvalue weighted by molar-refractivity contribution is 8.00. The number of thioether (sulfide) groups is 1. The average molecular weight is 654 g/mol. The minimum Gasteiger partial charge on any atom is -0.507 e. The number of Topliss-reactive ketones (excluding diaryl/α,β-unsaturated/α-hetero) is 1. The van der Waals surface area contributed by atoms with Crippen LogP contribution in [0.5, 0.6) is 23.0 Å². The lowest BCUT2D eigenvalue weighted by Gasteiger charge is -2.24. The molecule has 3 aromatic carbocycles. The molecule has 13 heteroatoms. The lowest BCUT2D eigenvalue weighted by atomic mass is 9.94. The normalized spacial score (nSPS) is 15.8. The quantitative estimate of drug-likeness (QED) is 0.0628. The van der Waals surface area contributed by atoms with Crippen molar-refractivity contribution in [3.63, 3.8) is 0 Å². The molecule has 0 bridgehead atoms. The number of carbonyl (C=O) groups is 2. The summed E-state index contributed by atoms with van der Waals surface area (Å²) in [6.45, 7) is 2.33. The second-order valence-corrected chi connectivity index (χ2v) is 12.0. The van der Waals surface area contributed by atoms with Crippen LogP contribution in [0.15, 0.2) is 70.6 Å². The van der Waals surface area contributed by atoms with Crippen LogP contribution in [-0.4, -0.2) is 54.9 Å². The predicted molar refractivity (Wildman–Crippen MR) is 169 cm³/mol. The van der Waals surface area contributed by atoms with Crippen molar-refractivity contribution in [3.05, 3.63) is 87.9 Å². The summed E-state index contributed by atoms with van der Waals surface area (Å²) in [5.41, 5.74) is 1.67. The Labute approximate surface area is 267 Å². The number of hydrogen-bond acceptors (Lipinski definition) is 11. The number of hydrogen-bond donors (Lipinski definition) is 1. The standard InChI is InChI=1S/C31H28ClN3O7S2/c1-5-42-21-12-8-18(9-13-21)26(36)24-25(19-14-22(39-2)28(41-4)23(15-19)40-3)35(29(38)27(24)37)30-33-34-31(44-30)43-16-17-6-10-20(32)11-7-17/h6-15,25,36H,5,16H2,1-4H3/b26-24-. The highest BCUT2D eigenvalue weighted by Crippen LogP contribution is 2.48. The Balaban J connectivity index is 1.60. The van der Waals surface area contributed by atoms with Crippen molar-refractivity contribution in [2.75, 3.05) is 32.8 Å². The van der Waals surface area contributed by atoms with Gasteiger partial charge in [0, 0.05) is 16.3 Å². The van der Waals surface area contributed by atoms with Crippen molar-refractivity contribution in [1.29, 1.82) is 0 Å². The van der Waals surface area contributed by atoms with Crippen LogP contribution >= 0.6 is 34.7 Å². The fourth-order valence-electron chi connectivity index (χ4n) is 4.72. The molecule has 44 heavy (non-hydrogen) atoms. The number of anilines is 1. The van der Waals surface area contributed by atoms with Crippen molar-refractivity contribution < 1.29 is 33.6 Å². The average Bonchev–Trinajstić information content (AvgIpc) is 3.61. The van der Waals surface area contributed by atoms with Gasteiger partial charge in [-0.25, -0.2) is 0 Å². The van der Waals surface area contributed by atoms with E-state index < -0.39 is 17.7 Å². The summed E-state index contributed by atoms with van der Waals surface area (Å²) < 4.78 is 22.7. The summed E-state index contributed by atoms with van der Waals surface area (Å²) in [4.78, 5) is 28.6. The van der Waals surface area contributed by atoms with E-state index in [1.54, 1.807) is 36.4 Å². The zero-order valence-electron chi connectivity index (χ0n) is 24.2. The third-order valence-corrected chi connectivity index (χ3v) is 9.14. The summed E-state index contributed by atoms with van der Waals surface area (Å²) in [5.74, 6) is 0.0626. The molecule has 1 fully saturated rings. The highest BCUT2D eigenvalue weighted by atomic mass is 35.5. The van der Waals surface area contributed by atoms with Gasteiger partial charge in [-0.2, -0.15) is 0 Å². The molecule has 1 amide bonds. The number of ketones is 1. The Kier molecular flexibility index (Phi) is 9.62. The van der Waals surface area contributed by atoms with Crippen LogP contribution in [0, 0.1) is 0 Å². The zero-order valence-corrected chi connectivity index (χ0v) is 26.6. The first-order valence-corrected chi connectivity index (χ1v) is 15.5. The first kappa shape index (κ1) is 31.2. The maximum atomic E-state index is 13.7. The molecule has 1 aromatic heterocycles. The van der Waals surface area contributed by atoms with Crippen LogP contribution in [0.2, 0.25) is 5.02 Å². The minimum absolute atomic E-state index is 0.126. The molecule has 0 spiro atoms. The van der Waals surface area contributed by atoms with Gasteiger partial charge < -0.3 is 24.1 Å². The number of ether oxygens (including phenoxy) is 4. The number of benzene rings is 3. The third kappa shape index (κ3) is 6.19. The smallest absolute Gasteiger partial charge is 0.301 e. The largest absolute Gasteiger partial charge is 0.507 e. The molecule has 0 radical (unpaired) electrons. The summed E-state index contributed by atoms with van der Waals surface area (Å²) in [5, 5.41) is 20.9. The first-order chi connectivity index (χ1) is 21.3. The third-order valence-electron chi connectivity index (χ3n) is 6.76. The van der Waals surface area contributed by atoms with E-state index in [1.807, 2.05) is 31.2 Å². The van der Waals surface area contributed by atoms with E-state index in [1.165, 1.54) is 38.0 Å². The maximum Gasteiger partial charge on any atom is 0.301 e. The van der Waals surface area contributed by atoms with Crippen LogP contribution in [0.3, 0.4) is 0 Å². The van der Waals surface area contributed by atoms with Gasteiger partial charge in [0.25, 0.3) is 5.78 Å². The van der Waals surface area contributed by atoms with Crippen LogP contribution in [0.4, 0.5) is 5.13 Å². The molecule has 0 saturated carbocycles. The summed E-state index contributed by atoms with van der Waals surface area (Å²) >= 11 is 8.59. The number of halogens is 1. The van der Waals surface area contributed by atoms with Gasteiger partial charge in [0.2, 0.25) is 10.9 Å². The van der Waals surface area contributed by atoms with Crippen molar-refractivity contribution in [2.45, 2.75) is 23.1 Å². The van der Waals surface area contributed by atoms with Crippen LogP contribution in [-0.2, 0) is 15.3 Å². The van der Waals surface area contributed by atoms with Crippen molar-refractivity contribution in [2.24, 2.45) is 0 Å². The Bertz CT molecular complexity index is 1680. The van der Waals surface area contributed by atoms with Crippen LogP contribution in [0.25, 0.3) is 5.76 Å². The van der Waals surface area contributed by atoms with Crippen LogP contribution in [0.1, 0.15) is 29.7 Å². The Morgan fingerprint density at radius 1 is 0.977 bits per heavy atom. The fraction of sp³-hybridized carbons (Fsp3) is 0.226. The van der Waals surface area contributed by atoms with E-state index in [2.05, 4.69) is 10.2 Å².